The third-order valence-electron chi connectivity index (χ3n) is 8.87. The maximum absolute atomic E-state index is 13.4. The summed E-state index contributed by atoms with van der Waals surface area (Å²) < 4.78 is 14.5. The molecule has 2 aromatic carbocycles. The Bertz CT molecular complexity index is 1060. The molecule has 2 aromatic rings. The van der Waals surface area contributed by atoms with Gasteiger partial charge in [-0.25, -0.2) is 0 Å². The fraction of sp³-hybridized carbons (Fsp3) is 0.588. The van der Waals surface area contributed by atoms with Crippen LogP contribution >= 0.6 is 0 Å². The first-order chi connectivity index (χ1) is 19.1. The van der Waals surface area contributed by atoms with Gasteiger partial charge in [0.2, 0.25) is 0 Å². The van der Waals surface area contributed by atoms with Crippen molar-refractivity contribution in [1.29, 1.82) is 0 Å². The van der Waals surface area contributed by atoms with Crippen LogP contribution in [0.25, 0.3) is 0 Å². The first kappa shape index (κ1) is 31.4. The molecule has 6 atom stereocenters. The maximum atomic E-state index is 13.4. The molecule has 2 fully saturated rings. The van der Waals surface area contributed by atoms with Crippen molar-refractivity contribution < 1.29 is 19.1 Å². The Morgan fingerprint density at radius 1 is 0.650 bits per heavy atom. The Morgan fingerprint density at radius 3 is 1.40 bits per heavy atom. The van der Waals surface area contributed by atoms with Crippen LogP contribution in [0.2, 0.25) is 0 Å². The molecule has 0 heterocycles. The van der Waals surface area contributed by atoms with Crippen molar-refractivity contribution in [1.82, 2.24) is 0 Å². The van der Waals surface area contributed by atoms with Gasteiger partial charge in [0.25, 0.3) is 0 Å². The van der Waals surface area contributed by atoms with E-state index in [0.29, 0.717) is 46.6 Å². The van der Waals surface area contributed by atoms with E-state index in [0.717, 1.165) is 34.6 Å². The normalized spacial score (nSPS) is 27.0. The van der Waals surface area contributed by atoms with Crippen LogP contribution < -0.4 is 8.92 Å². The van der Waals surface area contributed by atoms with E-state index in [1.165, 1.54) is 12.8 Å². The van der Waals surface area contributed by atoms with Gasteiger partial charge in [0.15, 0.2) is 0 Å². The average Bonchev–Trinajstić information content (AvgIpc) is 2.92. The summed E-state index contributed by atoms with van der Waals surface area (Å²) in [4.78, 5) is 26.9. The Morgan fingerprint density at radius 2 is 1.02 bits per heavy atom. The Kier molecular flexibility index (Phi) is 11.4. The molecule has 0 aromatic heterocycles. The summed E-state index contributed by atoms with van der Waals surface area (Å²) in [5, 5.41) is 0. The summed E-state index contributed by atoms with van der Waals surface area (Å²) in [6, 6.07) is 15.8. The van der Waals surface area contributed by atoms with Crippen LogP contribution in [0.1, 0.15) is 101 Å². The van der Waals surface area contributed by atoms with E-state index >= 15 is 0 Å². The number of carbonyl (C=O) groups excluding carboxylic acids is 2. The molecule has 2 saturated carbocycles. The van der Waals surface area contributed by atoms with E-state index in [4.69, 9.17) is 9.47 Å². The number of hydrogen-bond donors (Lipinski definition) is 0. The molecule has 2 aliphatic carbocycles. The quantitative estimate of drug-likeness (QED) is 0.235. The third-order valence-corrected chi connectivity index (χ3v) is 16.1. The summed E-state index contributed by atoms with van der Waals surface area (Å²) >= 11 is 0.0479. The zero-order valence-corrected chi connectivity index (χ0v) is 28.4. The van der Waals surface area contributed by atoms with Gasteiger partial charge in [-0.3, -0.25) is 0 Å². The molecule has 4 rings (SSSR count). The number of benzene rings is 2. The summed E-state index contributed by atoms with van der Waals surface area (Å²) in [6.45, 7) is 13.5. The van der Waals surface area contributed by atoms with Crippen LogP contribution in [0.5, 0.6) is 0 Å². The van der Waals surface area contributed by atoms with E-state index in [9.17, 15) is 9.59 Å². The molecular formula is C34H46O4Se2. The predicted octanol–water partition coefficient (Wildman–Crippen LogP) is 6.20. The number of ether oxygens (including phenoxy) is 2. The van der Waals surface area contributed by atoms with Gasteiger partial charge in [0.05, 0.1) is 0 Å². The predicted molar refractivity (Wildman–Crippen MR) is 165 cm³/mol. The molecule has 0 spiro atoms. The van der Waals surface area contributed by atoms with Crippen LogP contribution in [0.15, 0.2) is 48.5 Å². The second-order valence-electron chi connectivity index (χ2n) is 12.7. The van der Waals surface area contributed by atoms with Gasteiger partial charge in [-0.05, 0) is 0 Å². The molecule has 0 amide bonds. The molecule has 4 nitrogen and oxygen atoms in total. The van der Waals surface area contributed by atoms with E-state index in [-0.39, 0.29) is 50.4 Å². The van der Waals surface area contributed by atoms with Gasteiger partial charge in [0.1, 0.15) is 0 Å². The fourth-order valence-electron chi connectivity index (χ4n) is 6.41. The molecule has 40 heavy (non-hydrogen) atoms. The SMILES string of the molecule is CC(C)[C@H]1CC[C@H](C)C[C@@H]1OC(=O)c1ccccc1[Se][Se]c1ccccc1C(=O)O[C@H]1C[C@@H](C)CC[C@@H]1C(C)C. The molecule has 0 aliphatic heterocycles. The number of carbonyl (C=O) groups is 2. The van der Waals surface area contributed by atoms with Crippen molar-refractivity contribution in [3.63, 3.8) is 0 Å². The van der Waals surface area contributed by atoms with Crippen molar-refractivity contribution in [2.75, 3.05) is 0 Å². The standard InChI is InChI=1S/C34H46O4Se2/c1-21(2)25-17-15-23(5)19-29(25)37-33(35)27-11-7-9-13-31(27)39-40-32-14-10-8-12-28(32)34(36)38-30-20-24(6)16-18-26(30)22(3)4/h7-14,21-26,29-30H,15-20H2,1-6H3/t23-,24-,25+,26+,29-,30-/m0/s1. The molecule has 0 saturated heterocycles. The van der Waals surface area contributed by atoms with Gasteiger partial charge in [-0.2, -0.15) is 0 Å². The second kappa shape index (κ2) is 14.5. The topological polar surface area (TPSA) is 52.6 Å². The minimum absolute atomic E-state index is 0.0185. The van der Waals surface area contributed by atoms with Gasteiger partial charge in [-0.15, -0.1) is 0 Å². The van der Waals surface area contributed by atoms with Crippen LogP contribution in [-0.2, 0) is 9.47 Å². The molecular weight excluding hydrogens is 630 g/mol. The van der Waals surface area contributed by atoms with Gasteiger partial charge >= 0.3 is 254 Å². The number of hydrogen-bond acceptors (Lipinski definition) is 4. The van der Waals surface area contributed by atoms with E-state index in [2.05, 4.69) is 53.7 Å². The summed E-state index contributed by atoms with van der Waals surface area (Å²) in [7, 11) is 0. The molecule has 2 aliphatic rings. The van der Waals surface area contributed by atoms with Crippen molar-refractivity contribution >= 4 is 47.1 Å². The fourth-order valence-corrected chi connectivity index (χ4v) is 13.5. The van der Waals surface area contributed by atoms with Crippen LogP contribution in [-0.4, -0.2) is 50.4 Å². The summed E-state index contributed by atoms with van der Waals surface area (Å²) in [5.74, 6) is 2.60. The third kappa shape index (κ3) is 8.03. The van der Waals surface area contributed by atoms with Gasteiger partial charge in [0, 0.05) is 0 Å². The molecule has 0 unspecified atom stereocenters. The molecule has 0 bridgehead atoms. The summed E-state index contributed by atoms with van der Waals surface area (Å²) in [6.07, 6.45) is 6.51. The molecule has 6 heteroatoms. The van der Waals surface area contributed by atoms with E-state index < -0.39 is 0 Å². The zero-order valence-electron chi connectivity index (χ0n) is 24.9. The number of rotatable bonds is 9. The van der Waals surface area contributed by atoms with E-state index in [1.54, 1.807) is 0 Å². The Hall–Kier alpha value is -1.58. The average molecular weight is 677 g/mol. The van der Waals surface area contributed by atoms with Crippen LogP contribution in [0.4, 0.5) is 0 Å². The molecule has 0 N–H and O–H groups in total. The summed E-state index contributed by atoms with van der Waals surface area (Å²) in [5.41, 5.74) is 1.36. The second-order valence-corrected chi connectivity index (χ2v) is 18.9. The van der Waals surface area contributed by atoms with Crippen molar-refractivity contribution in [3.8, 4) is 0 Å². The van der Waals surface area contributed by atoms with E-state index in [1.807, 2.05) is 36.4 Å². The molecule has 218 valence electrons. The zero-order chi connectivity index (χ0) is 28.8. The van der Waals surface area contributed by atoms with Crippen LogP contribution in [0, 0.1) is 35.5 Å². The monoisotopic (exact) mass is 678 g/mol. The molecule has 0 radical (unpaired) electrons. The minimum atomic E-state index is -0.197. The van der Waals surface area contributed by atoms with Crippen molar-refractivity contribution in [2.45, 2.75) is 92.3 Å². The number of esters is 2. The van der Waals surface area contributed by atoms with Crippen molar-refractivity contribution in [2.24, 2.45) is 35.5 Å². The van der Waals surface area contributed by atoms with Crippen LogP contribution in [0.3, 0.4) is 0 Å². The first-order valence-corrected chi connectivity index (χ1v) is 21.1. The Labute approximate surface area is 252 Å². The van der Waals surface area contributed by atoms with Crippen molar-refractivity contribution in [3.05, 3.63) is 59.7 Å². The van der Waals surface area contributed by atoms with Gasteiger partial charge in [-0.1, -0.05) is 0 Å². The van der Waals surface area contributed by atoms with Gasteiger partial charge < -0.3 is 0 Å². The first-order valence-electron chi connectivity index (χ1n) is 15.1. The Balaban J connectivity index is 1.45.